The van der Waals surface area contributed by atoms with Crippen molar-refractivity contribution < 1.29 is 43.2 Å². The maximum Gasteiger partial charge on any atom is 0.340 e. The van der Waals surface area contributed by atoms with Gasteiger partial charge in [-0.15, -0.1) is 0 Å². The summed E-state index contributed by atoms with van der Waals surface area (Å²) in [7, 11) is 0. The van der Waals surface area contributed by atoms with E-state index in [9.17, 15) is 24.3 Å². The fourth-order valence-corrected chi connectivity index (χ4v) is 7.38. The average molecular weight is 685 g/mol. The fourth-order valence-electron chi connectivity index (χ4n) is 7.18. The number of carbonyl (C=O) groups is 4. The molecule has 1 N–H and O–H groups in total. The third-order valence-corrected chi connectivity index (χ3v) is 9.48. The molecule has 0 amide bonds. The number of aromatic carboxylic acids is 1. The molecule has 2 aliphatic heterocycles. The number of hydrogen-bond acceptors (Lipinski definition) is 8. The van der Waals surface area contributed by atoms with Gasteiger partial charge in [-0.2, -0.15) is 0 Å². The highest BCUT2D eigenvalue weighted by Crippen LogP contribution is 2.59. The molecule has 0 saturated carbocycles. The Morgan fingerprint density at radius 3 is 1.86 bits per heavy atom. The molecule has 8 rings (SSSR count). The van der Waals surface area contributed by atoms with Crippen molar-refractivity contribution in [2.24, 2.45) is 0 Å². The fraction of sp³-hybridized carbons (Fsp3) is 0.100. The van der Waals surface area contributed by atoms with Gasteiger partial charge in [0, 0.05) is 53.8 Å². The number of esters is 3. The van der Waals surface area contributed by atoms with Crippen LogP contribution in [0.5, 0.6) is 23.0 Å². The number of carboxylic acids is 1. The Morgan fingerprint density at radius 2 is 1.26 bits per heavy atom. The number of benzene rings is 6. The molecule has 1 atom stereocenters. The second-order valence-corrected chi connectivity index (χ2v) is 12.5. The van der Waals surface area contributed by atoms with E-state index >= 15 is 0 Å². The molecule has 1 unspecified atom stereocenters. The molecule has 6 aromatic rings. The predicted molar refractivity (Wildman–Crippen MR) is 184 cm³/mol. The number of carboxylic acid groups (broad SMARTS) is 1. The van der Waals surface area contributed by atoms with Gasteiger partial charge in [-0.1, -0.05) is 60.1 Å². The van der Waals surface area contributed by atoms with Crippen LogP contribution in [0.25, 0.3) is 32.7 Å². The minimum absolute atomic E-state index is 0.00484. The quantitative estimate of drug-likeness (QED) is 0.110. The van der Waals surface area contributed by atoms with Gasteiger partial charge in [0.1, 0.15) is 17.2 Å². The number of fused-ring (bicyclic) bond motifs is 8. The van der Waals surface area contributed by atoms with Gasteiger partial charge in [0.2, 0.25) is 0 Å². The van der Waals surface area contributed by atoms with Gasteiger partial charge in [0.15, 0.2) is 11.4 Å². The Bertz CT molecular complexity index is 2480. The Morgan fingerprint density at radius 1 is 0.700 bits per heavy atom. The lowest BCUT2D eigenvalue weighted by Gasteiger charge is -2.37. The molecule has 246 valence electrons. The van der Waals surface area contributed by atoms with Gasteiger partial charge in [-0.3, -0.25) is 9.59 Å². The zero-order valence-corrected chi connectivity index (χ0v) is 27.5. The molecule has 10 heteroatoms. The molecule has 9 nitrogen and oxygen atoms in total. The molecule has 2 heterocycles. The molecule has 0 fully saturated rings. The number of hydrogen-bond donors (Lipinski definition) is 1. The van der Waals surface area contributed by atoms with Gasteiger partial charge in [0.05, 0.1) is 16.1 Å². The van der Waals surface area contributed by atoms with Crippen LogP contribution in [0.2, 0.25) is 5.02 Å². The monoisotopic (exact) mass is 684 g/mol. The second kappa shape index (κ2) is 11.2. The van der Waals surface area contributed by atoms with E-state index in [1.165, 1.54) is 44.2 Å². The summed E-state index contributed by atoms with van der Waals surface area (Å²) in [4.78, 5) is 50.5. The molecule has 0 radical (unpaired) electrons. The van der Waals surface area contributed by atoms with E-state index in [4.69, 9.17) is 30.5 Å². The standard InChI is InChI=1S/C40H25ClO9/c1-19-23-8-4-6-10-25(23)37(26-11-7-5-9-24(19)26)28-15-30-34(17-33(28)47-20(2)42)49-35-18-36(48-21(3)43)32(41)16-31(35)40(30)29-14-22(38(44)45)12-13-27(29)39(46)50-40/h4-18H,1-3H3,(H,44,45). The number of rotatable bonds is 4. The van der Waals surface area contributed by atoms with Crippen LogP contribution in [0.15, 0.2) is 91.0 Å². The van der Waals surface area contributed by atoms with Crippen molar-refractivity contribution in [3.05, 3.63) is 129 Å². The number of aryl methyl sites for hydroxylation is 1. The lowest BCUT2D eigenvalue weighted by Crippen LogP contribution is -2.33. The van der Waals surface area contributed by atoms with Crippen LogP contribution in [-0.2, 0) is 19.9 Å². The van der Waals surface area contributed by atoms with E-state index in [1.807, 2.05) is 48.5 Å². The molecule has 6 aromatic carbocycles. The van der Waals surface area contributed by atoms with E-state index in [1.54, 1.807) is 12.1 Å². The van der Waals surface area contributed by atoms with Gasteiger partial charge >= 0.3 is 23.9 Å². The van der Waals surface area contributed by atoms with Crippen LogP contribution in [0.4, 0.5) is 0 Å². The highest BCUT2D eigenvalue weighted by molar-refractivity contribution is 6.32. The zero-order valence-electron chi connectivity index (χ0n) is 26.8. The van der Waals surface area contributed by atoms with Crippen LogP contribution in [0.3, 0.4) is 0 Å². The van der Waals surface area contributed by atoms with E-state index in [0.29, 0.717) is 11.1 Å². The smallest absolute Gasteiger partial charge is 0.340 e. The van der Waals surface area contributed by atoms with Crippen molar-refractivity contribution in [1.29, 1.82) is 0 Å². The van der Waals surface area contributed by atoms with E-state index < -0.39 is 29.5 Å². The normalized spacial score (nSPS) is 15.6. The minimum Gasteiger partial charge on any atom is -0.478 e. The molecular formula is C40H25ClO9. The lowest BCUT2D eigenvalue weighted by molar-refractivity contribution is -0.132. The summed E-state index contributed by atoms with van der Waals surface area (Å²) < 4.78 is 24.0. The Hall–Kier alpha value is -6.19. The molecular weight excluding hydrogens is 660 g/mol. The van der Waals surface area contributed by atoms with E-state index in [-0.39, 0.29) is 50.3 Å². The molecule has 1 spiro atoms. The first kappa shape index (κ1) is 31.1. The predicted octanol–water partition coefficient (Wildman–Crippen LogP) is 8.74. The minimum atomic E-state index is -1.78. The molecule has 0 saturated heterocycles. The molecule has 0 aromatic heterocycles. The third kappa shape index (κ3) is 4.54. The SMILES string of the molecule is CC(=O)Oc1cc2c(cc1Cl)C1(OC(=O)c3ccc(C(=O)O)cc31)c1cc(-c3c4ccccc4c(C)c4ccccc34)c(OC(C)=O)cc1O2. The Balaban J connectivity index is 1.52. The summed E-state index contributed by atoms with van der Waals surface area (Å²) in [6.07, 6.45) is 0. The average Bonchev–Trinajstić information content (AvgIpc) is 3.37. The van der Waals surface area contributed by atoms with Crippen molar-refractivity contribution in [2.75, 3.05) is 0 Å². The third-order valence-electron chi connectivity index (χ3n) is 9.18. The summed E-state index contributed by atoms with van der Waals surface area (Å²) in [6.45, 7) is 4.57. The van der Waals surface area contributed by atoms with Gasteiger partial charge in [-0.05, 0) is 64.4 Å². The van der Waals surface area contributed by atoms with Crippen molar-refractivity contribution in [3.8, 4) is 34.1 Å². The molecule has 2 aliphatic rings. The van der Waals surface area contributed by atoms with Gasteiger partial charge < -0.3 is 24.1 Å². The summed E-state index contributed by atoms with van der Waals surface area (Å²) >= 11 is 6.67. The summed E-state index contributed by atoms with van der Waals surface area (Å²) in [5.74, 6) is -2.68. The van der Waals surface area contributed by atoms with Crippen molar-refractivity contribution in [2.45, 2.75) is 26.4 Å². The van der Waals surface area contributed by atoms with Crippen LogP contribution in [-0.4, -0.2) is 29.0 Å². The van der Waals surface area contributed by atoms with E-state index in [2.05, 4.69) is 6.92 Å². The first-order valence-electron chi connectivity index (χ1n) is 15.6. The largest absolute Gasteiger partial charge is 0.478 e. The summed E-state index contributed by atoms with van der Waals surface area (Å²) in [6, 6.07) is 26.1. The molecule has 50 heavy (non-hydrogen) atoms. The van der Waals surface area contributed by atoms with E-state index in [0.717, 1.165) is 32.7 Å². The lowest BCUT2D eigenvalue weighted by atomic mass is 9.76. The zero-order chi connectivity index (χ0) is 35.1. The first-order valence-corrected chi connectivity index (χ1v) is 15.9. The van der Waals surface area contributed by atoms with Crippen LogP contribution in [0, 0.1) is 6.92 Å². The maximum atomic E-state index is 13.7. The van der Waals surface area contributed by atoms with Gasteiger partial charge in [-0.25, -0.2) is 9.59 Å². The first-order chi connectivity index (χ1) is 24.0. The summed E-state index contributed by atoms with van der Waals surface area (Å²) in [5.41, 5.74) is 1.46. The Labute approximate surface area is 289 Å². The molecule has 0 bridgehead atoms. The second-order valence-electron chi connectivity index (χ2n) is 12.1. The van der Waals surface area contributed by atoms with Crippen LogP contribution in [0.1, 0.15) is 56.8 Å². The Kier molecular flexibility index (Phi) is 6.95. The summed E-state index contributed by atoms with van der Waals surface area (Å²) in [5, 5.41) is 13.8. The number of halogens is 1. The van der Waals surface area contributed by atoms with Crippen LogP contribution >= 0.6 is 11.6 Å². The number of carbonyl (C=O) groups excluding carboxylic acids is 3. The highest BCUT2D eigenvalue weighted by atomic mass is 35.5. The van der Waals surface area contributed by atoms with Crippen LogP contribution < -0.4 is 14.2 Å². The highest BCUT2D eigenvalue weighted by Gasteiger charge is 2.54. The maximum absolute atomic E-state index is 13.7. The van der Waals surface area contributed by atoms with Crippen molar-refractivity contribution in [3.63, 3.8) is 0 Å². The molecule has 0 aliphatic carbocycles. The topological polar surface area (TPSA) is 125 Å². The number of ether oxygens (including phenoxy) is 4. The van der Waals surface area contributed by atoms with Gasteiger partial charge in [0.25, 0.3) is 0 Å². The van der Waals surface area contributed by atoms with Crippen molar-refractivity contribution in [1.82, 2.24) is 0 Å². The van der Waals surface area contributed by atoms with Crippen molar-refractivity contribution >= 4 is 57.0 Å².